The number of carbonyl (C=O) groups excluding carboxylic acids is 1. The van der Waals surface area contributed by atoms with E-state index in [1.165, 1.54) is 13.2 Å². The van der Waals surface area contributed by atoms with Crippen LogP contribution in [0, 0.1) is 0 Å². The van der Waals surface area contributed by atoms with Crippen molar-refractivity contribution in [1.82, 2.24) is 9.55 Å². The number of phenols is 2. The molecule has 0 unspecified atom stereocenters. The highest BCUT2D eigenvalue weighted by Crippen LogP contribution is 2.40. The van der Waals surface area contributed by atoms with Crippen LogP contribution in [0.5, 0.6) is 23.1 Å². The largest absolute Gasteiger partial charge is 0.508 e. The normalized spacial score (nSPS) is 14.8. The highest BCUT2D eigenvalue weighted by atomic mass is 16.5. The number of pyridine rings is 1. The molecular weight excluding hydrogens is 324 g/mol. The molecule has 1 aliphatic heterocycles. The number of ketones is 1. The predicted molar refractivity (Wildman–Crippen MR) is 90.0 cm³/mol. The summed E-state index contributed by atoms with van der Waals surface area (Å²) in [6, 6.07) is 6.03. The lowest BCUT2D eigenvalue weighted by atomic mass is 10.1. The zero-order valence-electron chi connectivity index (χ0n) is 13.5. The summed E-state index contributed by atoms with van der Waals surface area (Å²) in [6.45, 7) is 0. The zero-order chi connectivity index (χ0) is 17.7. The van der Waals surface area contributed by atoms with E-state index in [1.807, 2.05) is 23.9 Å². The Morgan fingerprint density at radius 2 is 2.08 bits per heavy atom. The van der Waals surface area contributed by atoms with Crippen LogP contribution in [-0.4, -0.2) is 32.7 Å². The van der Waals surface area contributed by atoms with Gasteiger partial charge < -0.3 is 24.3 Å². The van der Waals surface area contributed by atoms with Crippen LogP contribution in [-0.2, 0) is 7.05 Å². The van der Waals surface area contributed by atoms with E-state index in [1.54, 1.807) is 12.1 Å². The number of Topliss-reactive ketones (excluding diaryl/α,β-unsaturated/α-hetero) is 1. The van der Waals surface area contributed by atoms with E-state index >= 15 is 0 Å². The van der Waals surface area contributed by atoms with Crippen LogP contribution < -0.4 is 9.47 Å². The molecule has 0 bridgehead atoms. The van der Waals surface area contributed by atoms with Crippen molar-refractivity contribution in [3.63, 3.8) is 0 Å². The summed E-state index contributed by atoms with van der Waals surface area (Å²) in [5.41, 5.74) is 2.25. The maximum absolute atomic E-state index is 12.5. The monoisotopic (exact) mass is 338 g/mol. The van der Waals surface area contributed by atoms with Gasteiger partial charge in [-0.3, -0.25) is 4.79 Å². The van der Waals surface area contributed by atoms with Crippen molar-refractivity contribution in [3.05, 3.63) is 47.3 Å². The van der Waals surface area contributed by atoms with E-state index in [0.29, 0.717) is 17.0 Å². The fraction of sp³-hybridized carbons (Fsp3) is 0.111. The maximum Gasteiger partial charge on any atom is 0.235 e. The molecule has 0 fully saturated rings. The highest BCUT2D eigenvalue weighted by Gasteiger charge is 2.31. The van der Waals surface area contributed by atoms with Gasteiger partial charge in [-0.05, 0) is 12.1 Å². The molecule has 0 amide bonds. The number of aryl methyl sites for hydroxylation is 1. The van der Waals surface area contributed by atoms with Gasteiger partial charge in [-0.25, -0.2) is 4.98 Å². The van der Waals surface area contributed by atoms with Crippen molar-refractivity contribution in [2.45, 2.75) is 0 Å². The molecular formula is C18H14N2O5. The smallest absolute Gasteiger partial charge is 0.235 e. The number of phenolic OH excluding ortho intramolecular Hbond substituents is 2. The Balaban J connectivity index is 1.84. The minimum Gasteiger partial charge on any atom is -0.508 e. The van der Waals surface area contributed by atoms with E-state index in [9.17, 15) is 15.0 Å². The lowest BCUT2D eigenvalue weighted by Gasteiger charge is -2.00. The number of aromatic nitrogens is 2. The molecule has 2 N–H and O–H groups in total. The number of methoxy groups -OCH3 is 1. The van der Waals surface area contributed by atoms with Crippen LogP contribution in [0.2, 0.25) is 0 Å². The molecule has 1 aliphatic rings. The molecule has 1 aromatic carbocycles. The molecule has 0 saturated heterocycles. The van der Waals surface area contributed by atoms with Crippen molar-refractivity contribution in [1.29, 1.82) is 0 Å². The summed E-state index contributed by atoms with van der Waals surface area (Å²) in [7, 11) is 3.40. The summed E-state index contributed by atoms with van der Waals surface area (Å²) in [5.74, 6) is -0.314. The molecule has 0 spiro atoms. The Kier molecular flexibility index (Phi) is 3.18. The van der Waals surface area contributed by atoms with Crippen LogP contribution in [0.1, 0.15) is 15.9 Å². The second kappa shape index (κ2) is 5.27. The maximum atomic E-state index is 12.5. The van der Waals surface area contributed by atoms with E-state index < -0.39 is 5.78 Å². The fourth-order valence-corrected chi connectivity index (χ4v) is 2.91. The average Bonchev–Trinajstić information content (AvgIpc) is 3.05. The van der Waals surface area contributed by atoms with Gasteiger partial charge in [-0.1, -0.05) is 0 Å². The fourth-order valence-electron chi connectivity index (χ4n) is 2.91. The van der Waals surface area contributed by atoms with Gasteiger partial charge in [-0.2, -0.15) is 0 Å². The minimum absolute atomic E-state index is 0.0369. The Morgan fingerprint density at radius 3 is 2.84 bits per heavy atom. The number of allylic oxidation sites excluding steroid dienone is 1. The summed E-state index contributed by atoms with van der Waals surface area (Å²) in [5, 5.41) is 19.4. The van der Waals surface area contributed by atoms with Crippen LogP contribution in [0.15, 0.2) is 36.2 Å². The molecule has 4 rings (SSSR count). The third-order valence-corrected chi connectivity index (χ3v) is 4.07. The number of nitrogens with zero attached hydrogens (tertiary/aromatic N) is 2. The predicted octanol–water partition coefficient (Wildman–Crippen LogP) is 2.61. The quantitative estimate of drug-likeness (QED) is 0.698. The van der Waals surface area contributed by atoms with E-state index in [0.717, 1.165) is 11.6 Å². The number of aromatic hydroxyl groups is 2. The molecule has 0 atom stereocenters. The van der Waals surface area contributed by atoms with Crippen molar-refractivity contribution in [2.24, 2.45) is 7.05 Å². The lowest BCUT2D eigenvalue weighted by Crippen LogP contribution is -1.98. The van der Waals surface area contributed by atoms with Gasteiger partial charge in [0.2, 0.25) is 11.7 Å². The van der Waals surface area contributed by atoms with Gasteiger partial charge in [0.1, 0.15) is 22.8 Å². The van der Waals surface area contributed by atoms with Gasteiger partial charge >= 0.3 is 0 Å². The average molecular weight is 338 g/mol. The first kappa shape index (κ1) is 15.1. The Bertz CT molecular complexity index is 1070. The third kappa shape index (κ3) is 2.28. The van der Waals surface area contributed by atoms with E-state index in [2.05, 4.69) is 4.98 Å². The molecule has 7 heteroatoms. The number of benzene rings is 1. The van der Waals surface area contributed by atoms with E-state index in [-0.39, 0.29) is 28.6 Å². The van der Waals surface area contributed by atoms with Gasteiger partial charge in [0.05, 0.1) is 18.1 Å². The van der Waals surface area contributed by atoms with E-state index in [4.69, 9.17) is 9.47 Å². The molecule has 3 heterocycles. The number of fused-ring (bicyclic) bond motifs is 2. The second-order valence-electron chi connectivity index (χ2n) is 5.69. The van der Waals surface area contributed by atoms with Gasteiger partial charge in [0.25, 0.3) is 0 Å². The number of carbonyl (C=O) groups is 1. The van der Waals surface area contributed by atoms with Crippen molar-refractivity contribution in [2.75, 3.05) is 7.11 Å². The first-order chi connectivity index (χ1) is 12.0. The highest BCUT2D eigenvalue weighted by molar-refractivity contribution is 6.16. The number of rotatable bonds is 2. The number of hydrogen-bond donors (Lipinski definition) is 2. The van der Waals surface area contributed by atoms with Gasteiger partial charge in [-0.15, -0.1) is 0 Å². The molecule has 126 valence electrons. The first-order valence-electron chi connectivity index (χ1n) is 7.48. The van der Waals surface area contributed by atoms with Crippen LogP contribution >= 0.6 is 0 Å². The number of hydrogen-bond acceptors (Lipinski definition) is 6. The Labute approximate surface area is 142 Å². The second-order valence-corrected chi connectivity index (χ2v) is 5.69. The van der Waals surface area contributed by atoms with Gasteiger partial charge in [0.15, 0.2) is 5.76 Å². The van der Waals surface area contributed by atoms with Crippen molar-refractivity contribution >= 4 is 22.9 Å². The summed E-state index contributed by atoms with van der Waals surface area (Å²) >= 11 is 0. The Hall–Kier alpha value is -3.48. The third-order valence-electron chi connectivity index (χ3n) is 4.07. The number of ether oxygens (including phenoxy) is 2. The minimum atomic E-state index is -0.451. The SMILES string of the molecule is COc1ccc2c(n1)c(C=C1Oc3cc(O)cc(O)c3C1=O)cn2C. The van der Waals surface area contributed by atoms with Crippen LogP contribution in [0.4, 0.5) is 0 Å². The zero-order valence-corrected chi connectivity index (χ0v) is 13.5. The molecule has 0 radical (unpaired) electrons. The van der Waals surface area contributed by atoms with Crippen LogP contribution in [0.3, 0.4) is 0 Å². The molecule has 7 nitrogen and oxygen atoms in total. The molecule has 3 aromatic rings. The molecule has 0 aliphatic carbocycles. The Morgan fingerprint density at radius 1 is 1.28 bits per heavy atom. The standard InChI is InChI=1S/C18H14N2O5/c1-20-8-9(17-11(20)3-4-15(19-17)24-2)5-14-18(23)16-12(22)6-10(21)7-13(16)25-14/h3-8,21-22H,1-2H3. The molecule has 2 aromatic heterocycles. The van der Waals surface area contributed by atoms with Crippen LogP contribution in [0.25, 0.3) is 17.1 Å². The van der Waals surface area contributed by atoms with Crippen molar-refractivity contribution in [3.8, 4) is 23.1 Å². The first-order valence-corrected chi connectivity index (χ1v) is 7.48. The summed E-state index contributed by atoms with van der Waals surface area (Å²) in [6.07, 6.45) is 3.38. The topological polar surface area (TPSA) is 93.8 Å². The molecule has 25 heavy (non-hydrogen) atoms. The van der Waals surface area contributed by atoms with Crippen molar-refractivity contribution < 1.29 is 24.5 Å². The summed E-state index contributed by atoms with van der Waals surface area (Å²) in [4.78, 5) is 16.9. The summed E-state index contributed by atoms with van der Waals surface area (Å²) < 4.78 is 12.6. The van der Waals surface area contributed by atoms with Gasteiger partial charge in [0, 0.05) is 37.0 Å². The lowest BCUT2D eigenvalue weighted by molar-refractivity contribution is 0.101. The molecule has 0 saturated carbocycles.